The number of hydrogen-bond acceptors (Lipinski definition) is 8. The number of ether oxygens (including phenoxy) is 2. The molecule has 4 atom stereocenters. The molecule has 4 heterocycles. The molecule has 13 nitrogen and oxygen atoms in total. The van der Waals surface area contributed by atoms with Crippen molar-refractivity contribution in [2.75, 3.05) is 33.3 Å². The van der Waals surface area contributed by atoms with E-state index in [0.29, 0.717) is 24.3 Å². The summed E-state index contributed by atoms with van der Waals surface area (Å²) in [6.45, 7) is 9.59. The SMILES string of the molecule is CCN(CC)C1CCC(C(=O)N2CCC[C@H]2c2ncc(-c3ccc(-c4ccc(-c5cnc([C@@H]6CCCN6C(=O)[C@@H](OC(N)=O)[C@@H](C)OC)[nH]5)cc4)cc3)[nH]2)CC1. The van der Waals surface area contributed by atoms with Crippen LogP contribution in [-0.4, -0.2) is 104 Å². The molecule has 13 heteroatoms. The fourth-order valence-corrected chi connectivity index (χ4v) is 9.04. The van der Waals surface area contributed by atoms with Gasteiger partial charge in [0.15, 0.2) is 0 Å². The van der Waals surface area contributed by atoms with Crippen molar-refractivity contribution < 1.29 is 23.9 Å². The molecule has 0 spiro atoms. The smallest absolute Gasteiger partial charge is 0.405 e. The highest BCUT2D eigenvalue weighted by molar-refractivity contribution is 5.84. The highest BCUT2D eigenvalue weighted by atomic mass is 16.6. The number of nitrogens with two attached hydrogens (primary N) is 1. The van der Waals surface area contributed by atoms with Gasteiger partial charge in [0.05, 0.1) is 35.9 Å². The van der Waals surface area contributed by atoms with E-state index in [-0.39, 0.29) is 23.9 Å². The van der Waals surface area contributed by atoms with Crippen LogP contribution in [0.2, 0.25) is 0 Å². The van der Waals surface area contributed by atoms with Crippen molar-refractivity contribution in [2.24, 2.45) is 11.7 Å². The van der Waals surface area contributed by atoms with Gasteiger partial charge in [-0.15, -0.1) is 0 Å². The van der Waals surface area contributed by atoms with Crippen molar-refractivity contribution >= 4 is 17.9 Å². The predicted molar refractivity (Wildman–Crippen MR) is 214 cm³/mol. The van der Waals surface area contributed by atoms with Gasteiger partial charge in [0, 0.05) is 32.2 Å². The first-order valence-electron chi connectivity index (χ1n) is 20.3. The van der Waals surface area contributed by atoms with Crippen molar-refractivity contribution in [1.29, 1.82) is 0 Å². The summed E-state index contributed by atoms with van der Waals surface area (Å²) in [7, 11) is 1.46. The van der Waals surface area contributed by atoms with Crippen molar-refractivity contribution in [3.05, 3.63) is 72.6 Å². The monoisotopic (exact) mass is 764 g/mol. The van der Waals surface area contributed by atoms with Crippen LogP contribution in [0.1, 0.15) is 95.9 Å². The number of carbonyl (C=O) groups excluding carboxylic acids is 3. The van der Waals surface area contributed by atoms with E-state index in [1.807, 2.05) is 6.20 Å². The zero-order chi connectivity index (χ0) is 39.3. The Morgan fingerprint density at radius 3 is 1.73 bits per heavy atom. The van der Waals surface area contributed by atoms with Crippen molar-refractivity contribution in [1.82, 2.24) is 34.6 Å². The number of hydrogen-bond donors (Lipinski definition) is 3. The van der Waals surface area contributed by atoms with Gasteiger partial charge in [-0.3, -0.25) is 9.59 Å². The van der Waals surface area contributed by atoms with E-state index in [9.17, 15) is 14.4 Å². The second kappa shape index (κ2) is 17.4. The van der Waals surface area contributed by atoms with Gasteiger partial charge >= 0.3 is 6.09 Å². The minimum Gasteiger partial charge on any atom is -0.433 e. The van der Waals surface area contributed by atoms with Crippen LogP contribution in [0.15, 0.2) is 60.9 Å². The van der Waals surface area contributed by atoms with Crippen LogP contribution in [0, 0.1) is 5.92 Å². The Bertz CT molecular complexity index is 1950. The average Bonchev–Trinajstić information content (AvgIpc) is 4.07. The van der Waals surface area contributed by atoms with Gasteiger partial charge in [-0.05, 0) is 93.6 Å². The molecule has 4 N–H and O–H groups in total. The summed E-state index contributed by atoms with van der Waals surface area (Å²) in [6.07, 6.45) is 8.49. The lowest BCUT2D eigenvalue weighted by atomic mass is 9.84. The Labute approximate surface area is 329 Å². The van der Waals surface area contributed by atoms with E-state index >= 15 is 0 Å². The second-order valence-electron chi connectivity index (χ2n) is 15.4. The number of amides is 3. The van der Waals surface area contributed by atoms with E-state index in [0.717, 1.165) is 110 Å². The standard InChI is InChI=1S/C43H56N8O5/c1-5-49(6-2)33-21-19-32(20-22-33)41(52)50-23-7-9-36(50)39-45-25-34(47-39)30-15-11-28(12-16-30)29-13-17-31(18-14-29)35-26-46-40(48-35)37-10-8-24-51(37)42(53)38(27(3)55-4)56-43(44)54/h11-18,25-27,32-33,36-38H,5-10,19-24H2,1-4H3,(H2,44,54)(H,45,47)(H,46,48)/t27-,32?,33?,36+,37+,38+/m1/s1. The van der Waals surface area contributed by atoms with Crippen LogP contribution < -0.4 is 5.73 Å². The number of carbonyl (C=O) groups is 3. The molecule has 56 heavy (non-hydrogen) atoms. The molecule has 3 aliphatic rings. The molecule has 1 saturated carbocycles. The Hall–Kier alpha value is -5.01. The maximum absolute atomic E-state index is 13.7. The highest BCUT2D eigenvalue weighted by Crippen LogP contribution is 2.37. The fraction of sp³-hybridized carbons (Fsp3) is 0.512. The first-order valence-corrected chi connectivity index (χ1v) is 20.3. The number of likely N-dealkylation sites (tertiary alicyclic amines) is 2. The zero-order valence-corrected chi connectivity index (χ0v) is 33.1. The lowest BCUT2D eigenvalue weighted by molar-refractivity contribution is -0.148. The van der Waals surface area contributed by atoms with E-state index in [1.54, 1.807) is 18.0 Å². The topological polar surface area (TPSA) is 163 Å². The van der Waals surface area contributed by atoms with Crippen molar-refractivity contribution in [3.8, 4) is 33.6 Å². The number of imidazole rings is 2. The Balaban J connectivity index is 0.972. The van der Waals surface area contributed by atoms with E-state index in [4.69, 9.17) is 20.2 Å². The first kappa shape index (κ1) is 39.2. The molecule has 4 aromatic rings. The predicted octanol–water partition coefficient (Wildman–Crippen LogP) is 6.86. The molecular formula is C43H56N8O5. The molecule has 0 radical (unpaired) electrons. The average molecular weight is 765 g/mol. The summed E-state index contributed by atoms with van der Waals surface area (Å²) in [6, 6.07) is 17.1. The van der Waals surface area contributed by atoms with E-state index in [1.165, 1.54) is 7.11 Å². The largest absolute Gasteiger partial charge is 0.433 e. The van der Waals surface area contributed by atoms with Crippen molar-refractivity contribution in [2.45, 2.75) is 102 Å². The number of rotatable bonds is 13. The van der Waals surface area contributed by atoms with Crippen LogP contribution in [0.25, 0.3) is 33.6 Å². The van der Waals surface area contributed by atoms with Crippen LogP contribution in [0.3, 0.4) is 0 Å². The lowest BCUT2D eigenvalue weighted by Crippen LogP contribution is -2.47. The molecule has 0 bridgehead atoms. The van der Waals surface area contributed by atoms with Gasteiger partial charge in [0.2, 0.25) is 12.0 Å². The Morgan fingerprint density at radius 2 is 1.25 bits per heavy atom. The third kappa shape index (κ3) is 8.24. The summed E-state index contributed by atoms with van der Waals surface area (Å²) in [5.41, 5.74) is 11.2. The summed E-state index contributed by atoms with van der Waals surface area (Å²) >= 11 is 0. The normalized spacial score (nSPS) is 22.4. The molecular weight excluding hydrogens is 709 g/mol. The number of benzene rings is 2. The third-order valence-electron chi connectivity index (χ3n) is 12.3. The number of nitrogens with one attached hydrogen (secondary N) is 2. The van der Waals surface area contributed by atoms with E-state index in [2.05, 4.69) is 87.1 Å². The molecule has 1 aliphatic carbocycles. The minimum absolute atomic E-state index is 0.0000354. The van der Waals surface area contributed by atoms with Crippen LogP contribution in [0.4, 0.5) is 4.79 Å². The maximum atomic E-state index is 13.7. The van der Waals surface area contributed by atoms with Gasteiger partial charge in [-0.1, -0.05) is 62.4 Å². The minimum atomic E-state index is -1.14. The number of nitrogens with zero attached hydrogens (tertiary/aromatic N) is 5. The van der Waals surface area contributed by atoms with Gasteiger partial charge in [-0.25, -0.2) is 14.8 Å². The molecule has 298 valence electrons. The van der Waals surface area contributed by atoms with Gasteiger partial charge in [-0.2, -0.15) is 0 Å². The quantitative estimate of drug-likeness (QED) is 0.133. The molecule has 3 amide bonds. The second-order valence-corrected chi connectivity index (χ2v) is 15.4. The summed E-state index contributed by atoms with van der Waals surface area (Å²) < 4.78 is 10.4. The number of primary amides is 1. The first-order chi connectivity index (χ1) is 27.2. The van der Waals surface area contributed by atoms with Gasteiger partial charge < -0.3 is 39.9 Å². The number of H-pyrrole nitrogens is 2. The Morgan fingerprint density at radius 1 is 0.768 bits per heavy atom. The number of aromatic nitrogens is 4. The Kier molecular flexibility index (Phi) is 12.2. The lowest BCUT2D eigenvalue weighted by Gasteiger charge is -2.37. The number of aromatic amines is 2. The molecule has 2 aromatic heterocycles. The molecule has 0 unspecified atom stereocenters. The van der Waals surface area contributed by atoms with Gasteiger partial charge in [0.25, 0.3) is 5.91 Å². The van der Waals surface area contributed by atoms with Crippen LogP contribution in [0.5, 0.6) is 0 Å². The third-order valence-corrected chi connectivity index (χ3v) is 12.3. The van der Waals surface area contributed by atoms with Crippen LogP contribution >= 0.6 is 0 Å². The molecule has 2 aliphatic heterocycles. The van der Waals surface area contributed by atoms with Crippen LogP contribution in [-0.2, 0) is 19.1 Å². The molecule has 2 aromatic carbocycles. The summed E-state index contributed by atoms with van der Waals surface area (Å²) in [4.78, 5) is 61.4. The summed E-state index contributed by atoms with van der Waals surface area (Å²) in [5.74, 6) is 1.62. The van der Waals surface area contributed by atoms with E-state index < -0.39 is 18.3 Å². The maximum Gasteiger partial charge on any atom is 0.405 e. The fourth-order valence-electron chi connectivity index (χ4n) is 9.04. The zero-order valence-electron chi connectivity index (χ0n) is 33.1. The summed E-state index contributed by atoms with van der Waals surface area (Å²) in [5, 5.41) is 0. The van der Waals surface area contributed by atoms with Gasteiger partial charge in [0.1, 0.15) is 17.8 Å². The molecule has 3 fully saturated rings. The molecule has 7 rings (SSSR count). The van der Waals surface area contributed by atoms with Crippen molar-refractivity contribution in [3.63, 3.8) is 0 Å². The molecule has 2 saturated heterocycles. The highest BCUT2D eigenvalue weighted by Gasteiger charge is 2.40. The number of methoxy groups -OCH3 is 1.